The maximum absolute atomic E-state index is 11.8. The first-order valence-electron chi connectivity index (χ1n) is 7.25. The summed E-state index contributed by atoms with van der Waals surface area (Å²) in [7, 11) is 0. The van der Waals surface area contributed by atoms with Crippen molar-refractivity contribution in [1.82, 2.24) is 4.98 Å². The first-order valence-corrected chi connectivity index (χ1v) is 8.13. The molecule has 0 fully saturated rings. The molecule has 126 valence electrons. The number of hydrogen-bond donors (Lipinski definition) is 3. The monoisotopic (exact) mass is 347 g/mol. The molecule has 1 aromatic carbocycles. The van der Waals surface area contributed by atoms with Gasteiger partial charge in [0.05, 0.1) is 12.1 Å². The van der Waals surface area contributed by atoms with Gasteiger partial charge >= 0.3 is 5.97 Å². The summed E-state index contributed by atoms with van der Waals surface area (Å²) in [5, 5.41) is 16.4. The number of nitrogens with one attached hydrogen (secondary N) is 2. The van der Waals surface area contributed by atoms with E-state index in [2.05, 4.69) is 15.6 Å². The number of carboxylic acid groups (broad SMARTS) is 1. The van der Waals surface area contributed by atoms with Gasteiger partial charge in [0.2, 0.25) is 11.8 Å². The lowest BCUT2D eigenvalue weighted by Crippen LogP contribution is -2.17. The summed E-state index contributed by atoms with van der Waals surface area (Å²) in [6.45, 7) is 1.83. The molecule has 0 bridgehead atoms. The van der Waals surface area contributed by atoms with E-state index in [1.807, 2.05) is 12.3 Å². The molecule has 3 N–H and O–H groups in total. The first kappa shape index (κ1) is 17.6. The van der Waals surface area contributed by atoms with Crippen LogP contribution < -0.4 is 10.6 Å². The highest BCUT2D eigenvalue weighted by Crippen LogP contribution is 2.15. The fourth-order valence-electron chi connectivity index (χ4n) is 1.92. The van der Waals surface area contributed by atoms with Crippen molar-refractivity contribution in [2.45, 2.75) is 26.2 Å². The van der Waals surface area contributed by atoms with Gasteiger partial charge < -0.3 is 15.7 Å². The van der Waals surface area contributed by atoms with Crippen LogP contribution >= 0.6 is 11.3 Å². The van der Waals surface area contributed by atoms with Crippen molar-refractivity contribution < 1.29 is 19.5 Å². The number of anilines is 2. The Morgan fingerprint density at radius 2 is 1.71 bits per heavy atom. The molecule has 0 radical (unpaired) electrons. The van der Waals surface area contributed by atoms with Gasteiger partial charge in [-0.2, -0.15) is 0 Å². The Morgan fingerprint density at radius 3 is 2.25 bits per heavy atom. The quantitative estimate of drug-likeness (QED) is 0.713. The number of rotatable bonds is 7. The molecule has 1 heterocycles. The van der Waals surface area contributed by atoms with E-state index in [-0.39, 0.29) is 31.1 Å². The van der Waals surface area contributed by atoms with Crippen molar-refractivity contribution >= 4 is 39.9 Å². The number of hydrogen-bond acceptors (Lipinski definition) is 5. The molecule has 0 spiro atoms. The van der Waals surface area contributed by atoms with Crippen molar-refractivity contribution in [3.63, 3.8) is 0 Å². The summed E-state index contributed by atoms with van der Waals surface area (Å²) in [6, 6.07) is 6.55. The van der Waals surface area contributed by atoms with Crippen LogP contribution in [0, 0.1) is 6.92 Å². The highest BCUT2D eigenvalue weighted by molar-refractivity contribution is 7.13. The van der Waals surface area contributed by atoms with Crippen LogP contribution in [0.5, 0.6) is 0 Å². The molecule has 2 rings (SSSR count). The molecular weight excluding hydrogens is 330 g/mol. The average molecular weight is 347 g/mol. The van der Waals surface area contributed by atoms with Crippen LogP contribution in [-0.2, 0) is 20.8 Å². The van der Waals surface area contributed by atoms with Gasteiger partial charge in [0.1, 0.15) is 0 Å². The molecule has 0 aliphatic carbocycles. The Labute approximate surface area is 142 Å². The SMILES string of the molecule is Cc1csc(NC(=O)CCC(=O)Nc2ccc(CC(=O)O)cc2)n1. The van der Waals surface area contributed by atoms with Crippen molar-refractivity contribution in [1.29, 1.82) is 0 Å². The summed E-state index contributed by atoms with van der Waals surface area (Å²) >= 11 is 1.33. The van der Waals surface area contributed by atoms with E-state index in [1.165, 1.54) is 11.3 Å². The Kier molecular flexibility index (Phi) is 6.02. The van der Waals surface area contributed by atoms with Crippen LogP contribution in [0.3, 0.4) is 0 Å². The molecule has 0 saturated carbocycles. The second-order valence-electron chi connectivity index (χ2n) is 5.16. The molecule has 0 aliphatic rings. The number of aliphatic carboxylic acids is 1. The van der Waals surface area contributed by atoms with E-state index in [9.17, 15) is 14.4 Å². The van der Waals surface area contributed by atoms with E-state index in [0.29, 0.717) is 16.4 Å². The number of thiazole rings is 1. The summed E-state index contributed by atoms with van der Waals surface area (Å²) in [5.74, 6) is -1.46. The lowest BCUT2D eigenvalue weighted by Gasteiger charge is -2.06. The van der Waals surface area contributed by atoms with Crippen molar-refractivity contribution in [3.05, 3.63) is 40.9 Å². The Bertz CT molecular complexity index is 740. The molecule has 24 heavy (non-hydrogen) atoms. The van der Waals surface area contributed by atoms with Gasteiger partial charge in [0.15, 0.2) is 5.13 Å². The Morgan fingerprint density at radius 1 is 1.08 bits per heavy atom. The van der Waals surface area contributed by atoms with Crippen LogP contribution in [0.4, 0.5) is 10.8 Å². The number of carbonyl (C=O) groups is 3. The predicted octanol–water partition coefficient (Wildman–Crippen LogP) is 2.44. The number of benzene rings is 1. The molecule has 0 saturated heterocycles. The smallest absolute Gasteiger partial charge is 0.307 e. The zero-order valence-corrected chi connectivity index (χ0v) is 13.9. The zero-order valence-electron chi connectivity index (χ0n) is 13.0. The molecule has 0 aliphatic heterocycles. The van der Waals surface area contributed by atoms with Crippen LogP contribution in [0.2, 0.25) is 0 Å². The number of carboxylic acids is 1. The molecule has 7 nitrogen and oxygen atoms in total. The van der Waals surface area contributed by atoms with Gasteiger partial charge in [0, 0.05) is 23.9 Å². The average Bonchev–Trinajstić information content (AvgIpc) is 2.92. The van der Waals surface area contributed by atoms with Crippen LogP contribution in [-0.4, -0.2) is 27.9 Å². The van der Waals surface area contributed by atoms with Gasteiger partial charge in [-0.3, -0.25) is 14.4 Å². The highest BCUT2D eigenvalue weighted by atomic mass is 32.1. The van der Waals surface area contributed by atoms with Crippen molar-refractivity contribution in [3.8, 4) is 0 Å². The Balaban J connectivity index is 1.76. The van der Waals surface area contributed by atoms with Crippen LogP contribution in [0.1, 0.15) is 24.1 Å². The minimum Gasteiger partial charge on any atom is -0.481 e. The third-order valence-corrected chi connectivity index (χ3v) is 3.91. The summed E-state index contributed by atoms with van der Waals surface area (Å²) in [4.78, 5) is 38.3. The lowest BCUT2D eigenvalue weighted by atomic mass is 10.1. The lowest BCUT2D eigenvalue weighted by molar-refractivity contribution is -0.136. The first-order chi connectivity index (χ1) is 11.4. The summed E-state index contributed by atoms with van der Waals surface area (Å²) < 4.78 is 0. The Hall–Kier alpha value is -2.74. The minimum absolute atomic E-state index is 0.0487. The van der Waals surface area contributed by atoms with Gasteiger partial charge in [0.25, 0.3) is 0 Å². The molecule has 2 amide bonds. The third-order valence-electron chi connectivity index (χ3n) is 3.04. The predicted molar refractivity (Wildman–Crippen MR) is 91.1 cm³/mol. The second-order valence-corrected chi connectivity index (χ2v) is 6.02. The fourth-order valence-corrected chi connectivity index (χ4v) is 2.63. The summed E-state index contributed by atoms with van der Waals surface area (Å²) in [5.41, 5.74) is 2.04. The van der Waals surface area contributed by atoms with Crippen molar-refractivity contribution in [2.75, 3.05) is 10.6 Å². The molecule has 1 aromatic heterocycles. The number of aromatic nitrogens is 1. The standard InChI is InChI=1S/C16H17N3O4S/c1-10-9-24-16(17-10)19-14(21)7-6-13(20)18-12-4-2-11(3-5-12)8-15(22)23/h2-5,9H,6-8H2,1H3,(H,18,20)(H,22,23)(H,17,19,21). The number of nitrogens with zero attached hydrogens (tertiary/aromatic N) is 1. The topological polar surface area (TPSA) is 108 Å². The van der Waals surface area contributed by atoms with Gasteiger partial charge in [-0.15, -0.1) is 11.3 Å². The number of carbonyl (C=O) groups excluding carboxylic acids is 2. The maximum Gasteiger partial charge on any atom is 0.307 e. The largest absolute Gasteiger partial charge is 0.481 e. The van der Waals surface area contributed by atoms with Gasteiger partial charge in [-0.25, -0.2) is 4.98 Å². The maximum atomic E-state index is 11.8. The molecular formula is C16H17N3O4S. The molecule has 8 heteroatoms. The van der Waals surface area contributed by atoms with Gasteiger partial charge in [-0.1, -0.05) is 12.1 Å². The summed E-state index contributed by atoms with van der Waals surface area (Å²) in [6.07, 6.45) is 0.0409. The normalized spacial score (nSPS) is 10.2. The zero-order chi connectivity index (χ0) is 17.5. The number of amides is 2. The van der Waals surface area contributed by atoms with E-state index in [0.717, 1.165) is 5.69 Å². The van der Waals surface area contributed by atoms with E-state index < -0.39 is 5.97 Å². The second kappa shape index (κ2) is 8.21. The third kappa shape index (κ3) is 5.81. The van der Waals surface area contributed by atoms with Crippen molar-refractivity contribution in [2.24, 2.45) is 0 Å². The van der Waals surface area contributed by atoms with Gasteiger partial charge in [-0.05, 0) is 24.6 Å². The number of aryl methyl sites for hydroxylation is 1. The van der Waals surface area contributed by atoms with E-state index >= 15 is 0 Å². The highest BCUT2D eigenvalue weighted by Gasteiger charge is 2.09. The van der Waals surface area contributed by atoms with E-state index in [4.69, 9.17) is 5.11 Å². The van der Waals surface area contributed by atoms with E-state index in [1.54, 1.807) is 24.3 Å². The molecule has 0 unspecified atom stereocenters. The minimum atomic E-state index is -0.909. The molecule has 2 aromatic rings. The van der Waals surface area contributed by atoms with Crippen LogP contribution in [0.15, 0.2) is 29.6 Å². The molecule has 0 atom stereocenters. The fraction of sp³-hybridized carbons (Fsp3) is 0.250. The van der Waals surface area contributed by atoms with Crippen LogP contribution in [0.25, 0.3) is 0 Å².